The Morgan fingerprint density at radius 3 is 2.48 bits per heavy atom. The molecule has 7 nitrogen and oxygen atoms in total. The summed E-state index contributed by atoms with van der Waals surface area (Å²) in [4.78, 5) is 31.4. The molecule has 1 spiro atoms. The van der Waals surface area contributed by atoms with Crippen LogP contribution in [0.3, 0.4) is 0 Å². The summed E-state index contributed by atoms with van der Waals surface area (Å²) >= 11 is 0. The molecule has 0 radical (unpaired) electrons. The van der Waals surface area contributed by atoms with Crippen LogP contribution in [0, 0.1) is 5.41 Å². The van der Waals surface area contributed by atoms with E-state index >= 15 is 0 Å². The molecule has 3 heterocycles. The largest absolute Gasteiger partial charge is 0.450 e. The molecule has 1 atom stereocenters. The van der Waals surface area contributed by atoms with Crippen molar-refractivity contribution in [2.24, 2.45) is 5.41 Å². The second kappa shape index (κ2) is 8.80. The zero-order valence-corrected chi connectivity index (χ0v) is 18.2. The monoisotopic (exact) mass is 406 g/mol. The lowest BCUT2D eigenvalue weighted by Gasteiger charge is -2.52. The summed E-state index contributed by atoms with van der Waals surface area (Å²) in [5, 5.41) is 2.87. The van der Waals surface area contributed by atoms with Crippen LogP contribution in [0.5, 0.6) is 0 Å². The van der Waals surface area contributed by atoms with Crippen LogP contribution < -0.4 is 5.32 Å². The predicted molar refractivity (Wildman–Crippen MR) is 112 cm³/mol. The molecule has 1 N–H and O–H groups in total. The molecule has 7 heteroatoms. The van der Waals surface area contributed by atoms with E-state index in [1.54, 1.807) is 7.05 Å². The molecule has 4 fully saturated rings. The van der Waals surface area contributed by atoms with Gasteiger partial charge in [0.25, 0.3) is 0 Å². The first-order valence-electron chi connectivity index (χ1n) is 11.7. The highest BCUT2D eigenvalue weighted by molar-refractivity contribution is 5.81. The first kappa shape index (κ1) is 20.9. The van der Waals surface area contributed by atoms with Gasteiger partial charge in [-0.2, -0.15) is 0 Å². The van der Waals surface area contributed by atoms with Crippen LogP contribution in [0.15, 0.2) is 0 Å². The third-order valence-corrected chi connectivity index (χ3v) is 7.88. The number of nitrogens with zero attached hydrogens (tertiary/aromatic N) is 3. The minimum absolute atomic E-state index is 0.0737. The van der Waals surface area contributed by atoms with Gasteiger partial charge in [-0.3, -0.25) is 9.69 Å². The van der Waals surface area contributed by atoms with Crippen molar-refractivity contribution in [2.45, 2.75) is 76.4 Å². The Balaban J connectivity index is 1.24. The van der Waals surface area contributed by atoms with E-state index in [0.717, 1.165) is 45.6 Å². The Labute approximate surface area is 175 Å². The maximum atomic E-state index is 12.3. The lowest BCUT2D eigenvalue weighted by molar-refractivity contribution is -0.129. The van der Waals surface area contributed by atoms with Gasteiger partial charge in [0.1, 0.15) is 0 Å². The van der Waals surface area contributed by atoms with Gasteiger partial charge >= 0.3 is 6.09 Å². The van der Waals surface area contributed by atoms with Crippen molar-refractivity contribution in [2.75, 3.05) is 46.4 Å². The maximum Gasteiger partial charge on any atom is 0.409 e. The van der Waals surface area contributed by atoms with Gasteiger partial charge in [-0.25, -0.2) is 4.79 Å². The zero-order valence-electron chi connectivity index (χ0n) is 18.2. The van der Waals surface area contributed by atoms with E-state index in [-0.39, 0.29) is 18.0 Å². The SMILES string of the molecule is CCOC(=O)N1CCC2(CC(N3CCC(N4CCCC[C@@H]4C(=O)NC)CC3)C2)C1. The molecule has 3 saturated heterocycles. The quantitative estimate of drug-likeness (QED) is 0.774. The molecule has 0 aromatic carbocycles. The fourth-order valence-electron chi connectivity index (χ4n) is 6.26. The number of piperidine rings is 2. The Bertz CT molecular complexity index is 599. The number of amides is 2. The van der Waals surface area contributed by atoms with Crippen LogP contribution in [0.2, 0.25) is 0 Å². The van der Waals surface area contributed by atoms with Gasteiger partial charge in [0, 0.05) is 32.2 Å². The predicted octanol–water partition coefficient (Wildman–Crippen LogP) is 2.06. The average Bonchev–Trinajstić information content (AvgIpc) is 3.19. The number of carbonyl (C=O) groups excluding carboxylic acids is 2. The number of nitrogens with one attached hydrogen (secondary N) is 1. The van der Waals surface area contributed by atoms with Gasteiger partial charge in [-0.05, 0) is 76.9 Å². The standard InChI is InChI=1S/C22H38N4O3/c1-3-29-21(28)25-13-9-22(16-25)14-18(15-22)24-11-7-17(8-12-24)26-10-5-4-6-19(26)20(27)23-2/h17-19H,3-16H2,1-2H3,(H,23,27)/t18?,19-,22?/m1/s1. The highest BCUT2D eigenvalue weighted by Gasteiger charge is 2.51. The number of hydrogen-bond donors (Lipinski definition) is 1. The molecule has 29 heavy (non-hydrogen) atoms. The number of likely N-dealkylation sites (N-methyl/N-ethyl adjacent to an activating group) is 1. The van der Waals surface area contributed by atoms with Crippen molar-refractivity contribution in [3.8, 4) is 0 Å². The van der Waals surface area contributed by atoms with Gasteiger partial charge in [-0.15, -0.1) is 0 Å². The van der Waals surface area contributed by atoms with E-state index in [9.17, 15) is 9.59 Å². The molecule has 0 aromatic rings. The van der Waals surface area contributed by atoms with E-state index < -0.39 is 0 Å². The third-order valence-electron chi connectivity index (χ3n) is 7.88. The molecule has 0 aromatic heterocycles. The smallest absolute Gasteiger partial charge is 0.409 e. The number of ether oxygens (including phenoxy) is 1. The summed E-state index contributed by atoms with van der Waals surface area (Å²) in [6, 6.07) is 1.30. The minimum atomic E-state index is -0.138. The van der Waals surface area contributed by atoms with E-state index in [1.165, 1.54) is 38.5 Å². The first-order valence-corrected chi connectivity index (χ1v) is 11.7. The van der Waals surface area contributed by atoms with Crippen molar-refractivity contribution >= 4 is 12.0 Å². The summed E-state index contributed by atoms with van der Waals surface area (Å²) in [5.41, 5.74) is 0.339. The van der Waals surface area contributed by atoms with Crippen LogP contribution in [0.4, 0.5) is 4.79 Å². The zero-order chi connectivity index (χ0) is 20.4. The highest BCUT2D eigenvalue weighted by atomic mass is 16.6. The molecule has 3 aliphatic heterocycles. The summed E-state index contributed by atoms with van der Waals surface area (Å²) < 4.78 is 5.18. The molecule has 164 valence electrons. The van der Waals surface area contributed by atoms with Crippen molar-refractivity contribution in [1.82, 2.24) is 20.0 Å². The highest BCUT2D eigenvalue weighted by Crippen LogP contribution is 2.50. The van der Waals surface area contributed by atoms with E-state index in [2.05, 4.69) is 15.1 Å². The van der Waals surface area contributed by atoms with E-state index in [1.807, 2.05) is 11.8 Å². The molecule has 2 amide bonds. The molecule has 4 aliphatic rings. The summed E-state index contributed by atoms with van der Waals surface area (Å²) in [6.07, 6.45) is 9.16. The van der Waals surface area contributed by atoms with Gasteiger partial charge < -0.3 is 19.9 Å². The Hall–Kier alpha value is -1.34. The van der Waals surface area contributed by atoms with Crippen molar-refractivity contribution < 1.29 is 14.3 Å². The topological polar surface area (TPSA) is 65.1 Å². The van der Waals surface area contributed by atoms with E-state index in [0.29, 0.717) is 24.1 Å². The molecule has 0 unspecified atom stereocenters. The van der Waals surface area contributed by atoms with Gasteiger partial charge in [-0.1, -0.05) is 6.42 Å². The van der Waals surface area contributed by atoms with Crippen molar-refractivity contribution in [1.29, 1.82) is 0 Å². The Kier molecular flexibility index (Phi) is 6.35. The van der Waals surface area contributed by atoms with Crippen LogP contribution in [0.25, 0.3) is 0 Å². The molecule has 1 saturated carbocycles. The van der Waals surface area contributed by atoms with Crippen molar-refractivity contribution in [3.63, 3.8) is 0 Å². The van der Waals surface area contributed by atoms with E-state index in [4.69, 9.17) is 4.74 Å². The summed E-state index contributed by atoms with van der Waals surface area (Å²) in [6.45, 7) is 7.40. The normalized spacial score (nSPS) is 34.2. The first-order chi connectivity index (χ1) is 14.0. The number of rotatable bonds is 4. The third kappa shape index (κ3) is 4.26. The lowest BCUT2D eigenvalue weighted by atomic mass is 9.64. The number of hydrogen-bond acceptors (Lipinski definition) is 5. The second-order valence-electron chi connectivity index (χ2n) is 9.56. The average molecular weight is 407 g/mol. The molecule has 1 aliphatic carbocycles. The number of carbonyl (C=O) groups is 2. The van der Waals surface area contributed by atoms with Crippen LogP contribution in [0.1, 0.15) is 58.3 Å². The molecule has 4 rings (SSSR count). The Morgan fingerprint density at radius 2 is 1.79 bits per heavy atom. The fourth-order valence-corrected chi connectivity index (χ4v) is 6.26. The Morgan fingerprint density at radius 1 is 1.03 bits per heavy atom. The van der Waals surface area contributed by atoms with Gasteiger partial charge in [0.2, 0.25) is 5.91 Å². The minimum Gasteiger partial charge on any atom is -0.450 e. The molecular formula is C22H38N4O3. The van der Waals surface area contributed by atoms with Crippen LogP contribution in [-0.2, 0) is 9.53 Å². The van der Waals surface area contributed by atoms with Crippen molar-refractivity contribution in [3.05, 3.63) is 0 Å². The van der Waals surface area contributed by atoms with Crippen LogP contribution in [-0.4, -0.2) is 91.2 Å². The fraction of sp³-hybridized carbons (Fsp3) is 0.909. The van der Waals surface area contributed by atoms with Gasteiger partial charge in [0.15, 0.2) is 0 Å². The molecule has 0 bridgehead atoms. The lowest BCUT2D eigenvalue weighted by Crippen LogP contribution is -2.58. The number of likely N-dealkylation sites (tertiary alicyclic amines) is 3. The van der Waals surface area contributed by atoms with Crippen LogP contribution >= 0.6 is 0 Å². The second-order valence-corrected chi connectivity index (χ2v) is 9.56. The van der Waals surface area contributed by atoms with Gasteiger partial charge in [0.05, 0.1) is 12.6 Å². The molecular weight excluding hydrogens is 368 g/mol. The summed E-state index contributed by atoms with van der Waals surface area (Å²) in [5.74, 6) is 0.195. The maximum absolute atomic E-state index is 12.3. The summed E-state index contributed by atoms with van der Waals surface area (Å²) in [7, 11) is 1.76.